The molecule has 0 fully saturated rings. The molecule has 3 heterocycles. The number of aryl methyl sites for hydroxylation is 2. The molecule has 3 aromatic heterocycles. The van der Waals surface area contributed by atoms with Crippen LogP contribution in [0.25, 0.3) is 22.4 Å². The van der Waals surface area contributed by atoms with Crippen molar-refractivity contribution < 1.29 is 0 Å². The van der Waals surface area contributed by atoms with Crippen LogP contribution in [0.3, 0.4) is 0 Å². The largest absolute Gasteiger partial charge is 0.346 e. The number of nitrogens with zero attached hydrogens (tertiary/aromatic N) is 4. The highest BCUT2D eigenvalue weighted by molar-refractivity contribution is 7.80. The lowest BCUT2D eigenvalue weighted by Crippen LogP contribution is -2.05. The number of aromatic nitrogens is 4. The molecular weight excluding hydrogens is 438 g/mol. The molecule has 0 aliphatic heterocycles. The predicted molar refractivity (Wildman–Crippen MR) is 143 cm³/mol. The van der Waals surface area contributed by atoms with Gasteiger partial charge >= 0.3 is 0 Å². The molecule has 5 nitrogen and oxygen atoms in total. The van der Waals surface area contributed by atoms with E-state index < -0.39 is 0 Å². The molecule has 0 unspecified atom stereocenters. The minimum Gasteiger partial charge on any atom is -0.346 e. The molecular formula is C28H25N5S. The van der Waals surface area contributed by atoms with Gasteiger partial charge in [0.25, 0.3) is 0 Å². The molecule has 0 bridgehead atoms. The van der Waals surface area contributed by atoms with E-state index in [1.165, 1.54) is 11.1 Å². The second kappa shape index (κ2) is 9.53. The van der Waals surface area contributed by atoms with Gasteiger partial charge < -0.3 is 9.88 Å². The van der Waals surface area contributed by atoms with Gasteiger partial charge in [0, 0.05) is 42.7 Å². The van der Waals surface area contributed by atoms with Crippen molar-refractivity contribution in [3.05, 3.63) is 102 Å². The summed E-state index contributed by atoms with van der Waals surface area (Å²) < 4.78 is 2.03. The van der Waals surface area contributed by atoms with Crippen molar-refractivity contribution in [3.8, 4) is 11.4 Å². The van der Waals surface area contributed by atoms with E-state index in [1.807, 2.05) is 48.1 Å². The standard InChI is InChI=1S/C28H25N5S/c1-19-6-3-7-20(14-19)16-24(34)17-21-8-4-9-22(15-21)27-31-25-11-13-33(2)26(25)28(32-27)30-23-10-5-12-29-18-23/h3-15,18H,16-17H2,1-2H3,(H,30,31,32). The number of fused-ring (bicyclic) bond motifs is 1. The molecule has 2 aromatic carbocycles. The highest BCUT2D eigenvalue weighted by atomic mass is 32.1. The van der Waals surface area contributed by atoms with Crippen LogP contribution < -0.4 is 5.32 Å². The Labute approximate surface area is 204 Å². The topological polar surface area (TPSA) is 55.6 Å². The zero-order chi connectivity index (χ0) is 23.5. The summed E-state index contributed by atoms with van der Waals surface area (Å²) in [6.45, 7) is 2.11. The molecule has 0 saturated heterocycles. The molecule has 0 aliphatic carbocycles. The number of benzene rings is 2. The van der Waals surface area contributed by atoms with Gasteiger partial charge in [0.2, 0.25) is 0 Å². The first kappa shape index (κ1) is 21.9. The van der Waals surface area contributed by atoms with Crippen LogP contribution >= 0.6 is 12.2 Å². The zero-order valence-corrected chi connectivity index (χ0v) is 20.0. The van der Waals surface area contributed by atoms with Crippen LogP contribution in [0.2, 0.25) is 0 Å². The Morgan fingerprint density at radius 3 is 2.50 bits per heavy atom. The highest BCUT2D eigenvalue weighted by Gasteiger charge is 2.13. The Morgan fingerprint density at radius 1 is 0.941 bits per heavy atom. The van der Waals surface area contributed by atoms with E-state index in [1.54, 1.807) is 12.4 Å². The molecule has 0 aliphatic rings. The van der Waals surface area contributed by atoms with Crippen molar-refractivity contribution in [2.75, 3.05) is 5.32 Å². The summed E-state index contributed by atoms with van der Waals surface area (Å²) in [6.07, 6.45) is 7.08. The fourth-order valence-corrected chi connectivity index (χ4v) is 4.48. The van der Waals surface area contributed by atoms with Crippen molar-refractivity contribution >= 4 is 39.6 Å². The lowest BCUT2D eigenvalue weighted by Gasteiger charge is -2.11. The summed E-state index contributed by atoms with van der Waals surface area (Å²) in [5, 5.41) is 3.41. The van der Waals surface area contributed by atoms with Gasteiger partial charge in [-0.05, 0) is 42.3 Å². The fraction of sp³-hybridized carbons (Fsp3) is 0.143. The number of rotatable bonds is 7. The summed E-state index contributed by atoms with van der Waals surface area (Å²) in [7, 11) is 2.00. The van der Waals surface area contributed by atoms with Crippen molar-refractivity contribution in [1.29, 1.82) is 0 Å². The lowest BCUT2D eigenvalue weighted by molar-refractivity contribution is 0.964. The SMILES string of the molecule is Cc1cccc(CC(=S)Cc2cccc(-c3nc(Nc4cccnc4)c4c(ccn4C)n3)c2)c1. The predicted octanol–water partition coefficient (Wildman–Crippen LogP) is 6.24. The van der Waals surface area contributed by atoms with Crippen molar-refractivity contribution in [2.24, 2.45) is 7.05 Å². The fourth-order valence-electron chi connectivity index (χ4n) is 4.14. The molecule has 0 amide bonds. The molecule has 34 heavy (non-hydrogen) atoms. The first-order chi connectivity index (χ1) is 16.5. The Kier molecular flexibility index (Phi) is 6.14. The van der Waals surface area contributed by atoms with Crippen molar-refractivity contribution in [3.63, 3.8) is 0 Å². The van der Waals surface area contributed by atoms with E-state index in [-0.39, 0.29) is 0 Å². The summed E-state index contributed by atoms with van der Waals surface area (Å²) in [5.41, 5.74) is 7.35. The van der Waals surface area contributed by atoms with Crippen LogP contribution in [0.4, 0.5) is 11.5 Å². The number of nitrogens with one attached hydrogen (secondary N) is 1. The monoisotopic (exact) mass is 463 g/mol. The zero-order valence-electron chi connectivity index (χ0n) is 19.2. The van der Waals surface area contributed by atoms with Crippen LogP contribution in [0.5, 0.6) is 0 Å². The smallest absolute Gasteiger partial charge is 0.162 e. The van der Waals surface area contributed by atoms with E-state index in [9.17, 15) is 0 Å². The van der Waals surface area contributed by atoms with Gasteiger partial charge in [-0.1, -0.05) is 60.2 Å². The maximum atomic E-state index is 5.73. The first-order valence-electron chi connectivity index (χ1n) is 11.2. The van der Waals surface area contributed by atoms with Gasteiger partial charge in [-0.3, -0.25) is 4.98 Å². The molecule has 168 valence electrons. The molecule has 5 rings (SSSR count). The van der Waals surface area contributed by atoms with E-state index in [0.717, 1.165) is 51.4 Å². The number of anilines is 2. The summed E-state index contributed by atoms with van der Waals surface area (Å²) >= 11 is 5.73. The number of thiocarbonyl (C=S) groups is 1. The van der Waals surface area contributed by atoms with Gasteiger partial charge in [-0.25, -0.2) is 9.97 Å². The summed E-state index contributed by atoms with van der Waals surface area (Å²) in [5.74, 6) is 1.43. The van der Waals surface area contributed by atoms with Crippen LogP contribution in [0.15, 0.2) is 85.3 Å². The number of hydrogen-bond donors (Lipinski definition) is 1. The first-order valence-corrected chi connectivity index (χ1v) is 11.6. The maximum absolute atomic E-state index is 5.73. The Balaban J connectivity index is 1.43. The Morgan fingerprint density at radius 2 is 1.74 bits per heavy atom. The summed E-state index contributed by atoms with van der Waals surface area (Å²) in [4.78, 5) is 15.0. The average molecular weight is 464 g/mol. The Hall–Kier alpha value is -3.90. The lowest BCUT2D eigenvalue weighted by atomic mass is 10.0. The number of pyridine rings is 1. The minimum atomic E-state index is 0.677. The van der Waals surface area contributed by atoms with E-state index in [4.69, 9.17) is 22.2 Å². The molecule has 6 heteroatoms. The molecule has 0 spiro atoms. The third-order valence-corrected chi connectivity index (χ3v) is 6.00. The van der Waals surface area contributed by atoms with Gasteiger partial charge in [0.15, 0.2) is 11.6 Å². The van der Waals surface area contributed by atoms with Crippen LogP contribution in [0.1, 0.15) is 16.7 Å². The van der Waals surface area contributed by atoms with Gasteiger partial charge in [0.05, 0.1) is 17.4 Å². The normalized spacial score (nSPS) is 11.0. The van der Waals surface area contributed by atoms with E-state index in [0.29, 0.717) is 5.82 Å². The van der Waals surface area contributed by atoms with E-state index in [2.05, 4.69) is 53.6 Å². The number of hydrogen-bond acceptors (Lipinski definition) is 5. The third-order valence-electron chi connectivity index (χ3n) is 5.71. The molecule has 0 saturated carbocycles. The van der Waals surface area contributed by atoms with Crippen LogP contribution in [0, 0.1) is 6.92 Å². The third kappa shape index (κ3) is 4.87. The van der Waals surface area contributed by atoms with Crippen LogP contribution in [-0.2, 0) is 19.9 Å². The summed E-state index contributed by atoms with van der Waals surface area (Å²) in [6, 6.07) is 22.8. The molecule has 5 aromatic rings. The second-order valence-electron chi connectivity index (χ2n) is 8.50. The molecule has 0 atom stereocenters. The van der Waals surface area contributed by atoms with Gasteiger partial charge in [0.1, 0.15) is 5.52 Å². The Bertz CT molecular complexity index is 1470. The van der Waals surface area contributed by atoms with Crippen molar-refractivity contribution in [1.82, 2.24) is 19.5 Å². The maximum Gasteiger partial charge on any atom is 0.162 e. The average Bonchev–Trinajstić information content (AvgIpc) is 3.21. The minimum absolute atomic E-state index is 0.677. The van der Waals surface area contributed by atoms with Gasteiger partial charge in [-0.15, -0.1) is 0 Å². The highest BCUT2D eigenvalue weighted by Crippen LogP contribution is 2.28. The quantitative estimate of drug-likeness (QED) is 0.290. The van der Waals surface area contributed by atoms with Gasteiger partial charge in [-0.2, -0.15) is 0 Å². The van der Waals surface area contributed by atoms with Crippen molar-refractivity contribution in [2.45, 2.75) is 19.8 Å². The molecule has 0 radical (unpaired) electrons. The van der Waals surface area contributed by atoms with Crippen LogP contribution in [-0.4, -0.2) is 24.4 Å². The molecule has 1 N–H and O–H groups in total. The second-order valence-corrected chi connectivity index (χ2v) is 9.08. The van der Waals surface area contributed by atoms with E-state index >= 15 is 0 Å².